The van der Waals surface area contributed by atoms with Gasteiger partial charge in [-0.3, -0.25) is 9.59 Å². The van der Waals surface area contributed by atoms with Crippen molar-refractivity contribution in [3.05, 3.63) is 35.4 Å². The van der Waals surface area contributed by atoms with Crippen molar-refractivity contribution >= 4 is 11.9 Å². The Balaban J connectivity index is 2.37. The first-order valence-corrected chi connectivity index (χ1v) is 5.48. The average molecular weight is 273 g/mol. The van der Waals surface area contributed by atoms with E-state index in [-0.39, 0.29) is 12.1 Å². The lowest BCUT2D eigenvalue weighted by Crippen LogP contribution is -2.26. The predicted molar refractivity (Wildman–Crippen MR) is 58.3 cm³/mol. The zero-order valence-corrected chi connectivity index (χ0v) is 9.57. The second-order valence-corrected chi connectivity index (χ2v) is 4.29. The number of amides is 1. The highest BCUT2D eigenvalue weighted by molar-refractivity contribution is 5.99. The molecule has 1 aromatic rings. The molecule has 1 saturated heterocycles. The van der Waals surface area contributed by atoms with Crippen molar-refractivity contribution in [3.63, 3.8) is 0 Å². The molecule has 4 nitrogen and oxygen atoms in total. The summed E-state index contributed by atoms with van der Waals surface area (Å²) in [6, 6.07) is 4.40. The Bertz CT molecular complexity index is 527. The second kappa shape index (κ2) is 4.56. The summed E-state index contributed by atoms with van der Waals surface area (Å²) in [6.07, 6.45) is -4.50. The molecular formula is C12H10F3NO3. The van der Waals surface area contributed by atoms with Crippen LogP contribution < -0.4 is 5.32 Å². The highest BCUT2D eigenvalue weighted by Crippen LogP contribution is 2.34. The monoisotopic (exact) mass is 273 g/mol. The summed E-state index contributed by atoms with van der Waals surface area (Å²) >= 11 is 0. The van der Waals surface area contributed by atoms with E-state index in [1.165, 1.54) is 12.1 Å². The zero-order chi connectivity index (χ0) is 14.2. The molecule has 2 rings (SSSR count). The number of carboxylic acids is 1. The Morgan fingerprint density at radius 3 is 2.63 bits per heavy atom. The molecule has 0 spiro atoms. The SMILES string of the molecule is O=C(O)[C@H]1C(=O)NC[C@@H]1c1cccc(C(F)(F)F)c1. The van der Waals surface area contributed by atoms with Gasteiger partial charge in [0, 0.05) is 12.5 Å². The molecule has 1 aliphatic rings. The Labute approximate surface area is 106 Å². The molecule has 7 heteroatoms. The molecule has 1 fully saturated rings. The number of halogens is 3. The van der Waals surface area contributed by atoms with Crippen LogP contribution in [0.4, 0.5) is 13.2 Å². The maximum Gasteiger partial charge on any atom is 0.416 e. The summed E-state index contributed by atoms with van der Waals surface area (Å²) in [6.45, 7) is 0.0249. The molecule has 0 bridgehead atoms. The van der Waals surface area contributed by atoms with Crippen molar-refractivity contribution in [1.29, 1.82) is 0 Å². The molecule has 0 aromatic heterocycles. The van der Waals surface area contributed by atoms with Gasteiger partial charge in [0.1, 0.15) is 5.92 Å². The maximum absolute atomic E-state index is 12.6. The Morgan fingerprint density at radius 1 is 1.37 bits per heavy atom. The third-order valence-electron chi connectivity index (χ3n) is 3.09. The van der Waals surface area contributed by atoms with Crippen LogP contribution in [0.15, 0.2) is 24.3 Å². The van der Waals surface area contributed by atoms with E-state index in [1.807, 2.05) is 0 Å². The van der Waals surface area contributed by atoms with E-state index in [4.69, 9.17) is 5.11 Å². The van der Waals surface area contributed by atoms with Gasteiger partial charge in [-0.05, 0) is 11.6 Å². The molecule has 1 aliphatic heterocycles. The maximum atomic E-state index is 12.6. The fourth-order valence-corrected chi connectivity index (χ4v) is 2.16. The van der Waals surface area contributed by atoms with Crippen molar-refractivity contribution in [2.45, 2.75) is 12.1 Å². The fraction of sp³-hybridized carbons (Fsp3) is 0.333. The first kappa shape index (κ1) is 13.4. The van der Waals surface area contributed by atoms with Crippen molar-refractivity contribution in [3.8, 4) is 0 Å². The predicted octanol–water partition coefficient (Wildman–Crippen LogP) is 1.62. The lowest BCUT2D eigenvalue weighted by Gasteiger charge is -2.15. The minimum atomic E-state index is -4.50. The zero-order valence-electron chi connectivity index (χ0n) is 9.57. The van der Waals surface area contributed by atoms with E-state index in [9.17, 15) is 22.8 Å². The largest absolute Gasteiger partial charge is 0.481 e. The normalized spacial score (nSPS) is 23.2. The molecule has 0 unspecified atom stereocenters. The molecule has 0 radical (unpaired) electrons. The fourth-order valence-electron chi connectivity index (χ4n) is 2.16. The van der Waals surface area contributed by atoms with E-state index in [0.29, 0.717) is 0 Å². The topological polar surface area (TPSA) is 66.4 Å². The first-order chi connectivity index (χ1) is 8.80. The van der Waals surface area contributed by atoms with Crippen molar-refractivity contribution in [2.24, 2.45) is 5.92 Å². The van der Waals surface area contributed by atoms with Gasteiger partial charge in [-0.1, -0.05) is 18.2 Å². The van der Waals surface area contributed by atoms with Crippen LogP contribution in [0, 0.1) is 5.92 Å². The Hall–Kier alpha value is -2.05. The van der Waals surface area contributed by atoms with Gasteiger partial charge in [0.05, 0.1) is 5.56 Å². The molecule has 0 aliphatic carbocycles. The average Bonchev–Trinajstić information content (AvgIpc) is 2.70. The highest BCUT2D eigenvalue weighted by Gasteiger charge is 2.41. The molecule has 19 heavy (non-hydrogen) atoms. The Kier molecular flexibility index (Phi) is 3.21. The third kappa shape index (κ3) is 2.54. The number of alkyl halides is 3. The number of rotatable bonds is 2. The standard InChI is InChI=1S/C12H10F3NO3/c13-12(14,15)7-3-1-2-6(4-7)8-5-16-10(17)9(8)11(18)19/h1-4,8-9H,5H2,(H,16,17)(H,18,19)/t8-,9-/m1/s1. The van der Waals surface area contributed by atoms with Crippen LogP contribution >= 0.6 is 0 Å². The summed E-state index contributed by atoms with van der Waals surface area (Å²) < 4.78 is 37.8. The molecule has 1 aromatic carbocycles. The third-order valence-corrected chi connectivity index (χ3v) is 3.09. The van der Waals surface area contributed by atoms with E-state index < -0.39 is 35.5 Å². The number of nitrogens with one attached hydrogen (secondary N) is 1. The number of carboxylic acid groups (broad SMARTS) is 1. The summed E-state index contributed by atoms with van der Waals surface area (Å²) in [7, 11) is 0. The van der Waals surface area contributed by atoms with Gasteiger partial charge in [-0.15, -0.1) is 0 Å². The van der Waals surface area contributed by atoms with Gasteiger partial charge in [-0.2, -0.15) is 13.2 Å². The molecular weight excluding hydrogens is 263 g/mol. The summed E-state index contributed by atoms with van der Waals surface area (Å²) in [4.78, 5) is 22.4. The summed E-state index contributed by atoms with van der Waals surface area (Å²) in [5.41, 5.74) is -0.658. The van der Waals surface area contributed by atoms with Crippen LogP contribution in [0.5, 0.6) is 0 Å². The van der Waals surface area contributed by atoms with Crippen LogP contribution in [0.25, 0.3) is 0 Å². The highest BCUT2D eigenvalue weighted by atomic mass is 19.4. The van der Waals surface area contributed by atoms with Crippen molar-refractivity contribution < 1.29 is 27.9 Å². The van der Waals surface area contributed by atoms with E-state index in [1.54, 1.807) is 0 Å². The smallest absolute Gasteiger partial charge is 0.416 e. The van der Waals surface area contributed by atoms with Crippen LogP contribution in [0.1, 0.15) is 17.0 Å². The van der Waals surface area contributed by atoms with Crippen molar-refractivity contribution in [2.75, 3.05) is 6.54 Å². The molecule has 0 saturated carbocycles. The summed E-state index contributed by atoms with van der Waals surface area (Å²) in [5.74, 6) is -4.14. The minimum absolute atomic E-state index is 0.0249. The number of hydrogen-bond acceptors (Lipinski definition) is 2. The first-order valence-electron chi connectivity index (χ1n) is 5.48. The number of benzene rings is 1. The number of aliphatic carboxylic acids is 1. The van der Waals surface area contributed by atoms with Gasteiger partial charge in [0.15, 0.2) is 0 Å². The van der Waals surface area contributed by atoms with Crippen LogP contribution in [-0.4, -0.2) is 23.5 Å². The molecule has 2 N–H and O–H groups in total. The lowest BCUT2D eigenvalue weighted by atomic mass is 9.88. The minimum Gasteiger partial charge on any atom is -0.481 e. The molecule has 1 heterocycles. The van der Waals surface area contributed by atoms with Crippen LogP contribution in [-0.2, 0) is 15.8 Å². The lowest BCUT2D eigenvalue weighted by molar-refractivity contribution is -0.145. The van der Waals surface area contributed by atoms with Crippen LogP contribution in [0.2, 0.25) is 0 Å². The van der Waals surface area contributed by atoms with Gasteiger partial charge >= 0.3 is 12.1 Å². The number of carbonyl (C=O) groups is 2. The van der Waals surface area contributed by atoms with E-state index >= 15 is 0 Å². The number of hydrogen-bond donors (Lipinski definition) is 2. The molecule has 2 atom stereocenters. The van der Waals surface area contributed by atoms with Gasteiger partial charge in [0.25, 0.3) is 0 Å². The van der Waals surface area contributed by atoms with Gasteiger partial charge < -0.3 is 10.4 Å². The van der Waals surface area contributed by atoms with Gasteiger partial charge in [0.2, 0.25) is 5.91 Å². The van der Waals surface area contributed by atoms with Gasteiger partial charge in [-0.25, -0.2) is 0 Å². The quantitative estimate of drug-likeness (QED) is 0.805. The molecule has 1 amide bonds. The van der Waals surface area contributed by atoms with Crippen molar-refractivity contribution in [1.82, 2.24) is 5.32 Å². The van der Waals surface area contributed by atoms with E-state index in [2.05, 4.69) is 5.32 Å². The Morgan fingerprint density at radius 2 is 2.05 bits per heavy atom. The van der Waals surface area contributed by atoms with Crippen LogP contribution in [0.3, 0.4) is 0 Å². The number of carbonyl (C=O) groups excluding carboxylic acids is 1. The second-order valence-electron chi connectivity index (χ2n) is 4.29. The van der Waals surface area contributed by atoms with E-state index in [0.717, 1.165) is 12.1 Å². The summed E-state index contributed by atoms with van der Waals surface area (Å²) in [5, 5.41) is 11.3. The molecule has 102 valence electrons.